The lowest BCUT2D eigenvalue weighted by atomic mass is 9.94. The van der Waals surface area contributed by atoms with Gasteiger partial charge in [-0.05, 0) is 38.1 Å². The van der Waals surface area contributed by atoms with Crippen LogP contribution < -0.4 is 5.73 Å². The number of benzene rings is 1. The van der Waals surface area contributed by atoms with Gasteiger partial charge in [0, 0.05) is 18.7 Å². The van der Waals surface area contributed by atoms with Crippen LogP contribution in [0.3, 0.4) is 0 Å². The van der Waals surface area contributed by atoms with Gasteiger partial charge in [0.15, 0.2) is 0 Å². The number of rotatable bonds is 1. The predicted molar refractivity (Wildman–Crippen MR) is 74.4 cm³/mol. The second-order valence-corrected chi connectivity index (χ2v) is 5.57. The third kappa shape index (κ3) is 2.08. The van der Waals surface area contributed by atoms with E-state index in [2.05, 4.69) is 28.4 Å². The van der Waals surface area contributed by atoms with Crippen LogP contribution >= 0.6 is 0 Å². The zero-order valence-electron chi connectivity index (χ0n) is 11.3. The van der Waals surface area contributed by atoms with Crippen LogP contribution in [0.25, 0.3) is 11.0 Å². The summed E-state index contributed by atoms with van der Waals surface area (Å²) in [6.45, 7) is 4.33. The van der Waals surface area contributed by atoms with Gasteiger partial charge in [-0.1, -0.05) is 6.92 Å². The molecular formula is C14H19FN4. The summed E-state index contributed by atoms with van der Waals surface area (Å²) in [5.74, 6) is 0.721. The van der Waals surface area contributed by atoms with Crippen molar-refractivity contribution in [2.75, 3.05) is 25.9 Å². The summed E-state index contributed by atoms with van der Waals surface area (Å²) in [4.78, 5) is 6.62. The molecule has 1 aliphatic rings. The predicted octanol–water partition coefficient (Wildman–Crippen LogP) is 2.27. The fraction of sp³-hybridized carbons (Fsp3) is 0.500. The molecule has 0 aliphatic carbocycles. The summed E-state index contributed by atoms with van der Waals surface area (Å²) in [6.07, 6.45) is 1.05. The van der Waals surface area contributed by atoms with Crippen molar-refractivity contribution in [1.82, 2.24) is 14.5 Å². The minimum absolute atomic E-state index is 0.270. The molecule has 0 bridgehead atoms. The van der Waals surface area contributed by atoms with Crippen LogP contribution in [0.1, 0.15) is 19.4 Å². The molecule has 2 heterocycles. The number of fused-ring (bicyclic) bond motifs is 1. The number of anilines is 1. The van der Waals surface area contributed by atoms with Crippen molar-refractivity contribution in [2.24, 2.45) is 5.92 Å². The second kappa shape index (κ2) is 4.49. The third-order valence-corrected chi connectivity index (χ3v) is 4.07. The first-order valence-electron chi connectivity index (χ1n) is 6.68. The van der Waals surface area contributed by atoms with Gasteiger partial charge >= 0.3 is 0 Å². The first-order chi connectivity index (χ1) is 9.06. The summed E-state index contributed by atoms with van der Waals surface area (Å²) in [7, 11) is 2.14. The molecule has 2 atom stereocenters. The molecule has 1 aliphatic heterocycles. The van der Waals surface area contributed by atoms with Crippen molar-refractivity contribution in [1.29, 1.82) is 0 Å². The summed E-state index contributed by atoms with van der Waals surface area (Å²) in [5.41, 5.74) is 7.62. The number of nitrogen functional groups attached to an aromatic ring is 1. The van der Waals surface area contributed by atoms with Crippen LogP contribution in [0, 0.1) is 11.7 Å². The van der Waals surface area contributed by atoms with E-state index in [1.165, 1.54) is 12.1 Å². The molecule has 3 rings (SSSR count). The van der Waals surface area contributed by atoms with E-state index in [1.54, 1.807) is 6.07 Å². The van der Waals surface area contributed by atoms with Crippen LogP contribution in [0.15, 0.2) is 18.2 Å². The van der Waals surface area contributed by atoms with Gasteiger partial charge in [0.1, 0.15) is 5.82 Å². The summed E-state index contributed by atoms with van der Waals surface area (Å²) in [5, 5.41) is 0. The first kappa shape index (κ1) is 12.4. The van der Waals surface area contributed by atoms with E-state index in [0.29, 0.717) is 23.4 Å². The van der Waals surface area contributed by atoms with E-state index in [-0.39, 0.29) is 5.82 Å². The molecule has 102 valence electrons. The SMILES string of the molecule is CC1CN(C)CCC1n1c(N)nc2cc(F)ccc21. The Labute approximate surface area is 112 Å². The van der Waals surface area contributed by atoms with E-state index in [1.807, 2.05) is 0 Å². The van der Waals surface area contributed by atoms with Crippen molar-refractivity contribution < 1.29 is 4.39 Å². The molecule has 1 aromatic carbocycles. The molecule has 1 aromatic heterocycles. The van der Waals surface area contributed by atoms with Gasteiger partial charge in [0.25, 0.3) is 0 Å². The highest BCUT2D eigenvalue weighted by atomic mass is 19.1. The number of aromatic nitrogens is 2. The Kier molecular flexibility index (Phi) is 2.93. The van der Waals surface area contributed by atoms with Crippen molar-refractivity contribution in [3.63, 3.8) is 0 Å². The van der Waals surface area contributed by atoms with Crippen molar-refractivity contribution >= 4 is 17.0 Å². The molecule has 0 saturated carbocycles. The minimum atomic E-state index is -0.270. The molecule has 1 fully saturated rings. The molecule has 1 saturated heterocycles. The topological polar surface area (TPSA) is 47.1 Å². The van der Waals surface area contributed by atoms with Gasteiger partial charge in [0.05, 0.1) is 11.0 Å². The van der Waals surface area contributed by atoms with Gasteiger partial charge in [0.2, 0.25) is 5.95 Å². The number of likely N-dealkylation sites (tertiary alicyclic amines) is 1. The molecule has 19 heavy (non-hydrogen) atoms. The summed E-state index contributed by atoms with van der Waals surface area (Å²) in [6, 6.07) is 5.03. The van der Waals surface area contributed by atoms with Gasteiger partial charge in [-0.25, -0.2) is 9.37 Å². The second-order valence-electron chi connectivity index (χ2n) is 5.57. The average Bonchev–Trinajstić information content (AvgIpc) is 2.65. The van der Waals surface area contributed by atoms with Crippen LogP contribution in [-0.2, 0) is 0 Å². The van der Waals surface area contributed by atoms with E-state index in [0.717, 1.165) is 25.0 Å². The smallest absolute Gasteiger partial charge is 0.201 e. The third-order valence-electron chi connectivity index (χ3n) is 4.07. The Morgan fingerprint density at radius 1 is 1.42 bits per heavy atom. The Balaban J connectivity index is 2.07. The molecule has 0 amide bonds. The fourth-order valence-electron chi connectivity index (χ4n) is 3.16. The van der Waals surface area contributed by atoms with E-state index < -0.39 is 0 Å². The number of nitrogens with two attached hydrogens (primary N) is 1. The first-order valence-corrected chi connectivity index (χ1v) is 6.68. The van der Waals surface area contributed by atoms with Gasteiger partial charge in [-0.3, -0.25) is 0 Å². The Morgan fingerprint density at radius 3 is 2.95 bits per heavy atom. The maximum absolute atomic E-state index is 13.3. The molecule has 0 radical (unpaired) electrons. The summed E-state index contributed by atoms with van der Waals surface area (Å²) >= 11 is 0. The lowest BCUT2D eigenvalue weighted by Gasteiger charge is -2.36. The normalized spacial score (nSPS) is 25.0. The number of hydrogen-bond acceptors (Lipinski definition) is 3. The molecule has 5 heteroatoms. The Hall–Kier alpha value is -1.62. The summed E-state index contributed by atoms with van der Waals surface area (Å²) < 4.78 is 15.3. The Morgan fingerprint density at radius 2 is 2.21 bits per heavy atom. The van der Waals surface area contributed by atoms with Crippen LogP contribution in [0.2, 0.25) is 0 Å². The molecule has 2 unspecified atom stereocenters. The lowest BCUT2D eigenvalue weighted by molar-refractivity contribution is 0.162. The standard InChI is InChI=1S/C14H19FN4/c1-9-8-18(2)6-5-12(9)19-13-4-3-10(15)7-11(13)17-14(19)16/h3-4,7,9,12H,5-6,8H2,1-2H3,(H2,16,17). The quantitative estimate of drug-likeness (QED) is 0.857. The zero-order chi connectivity index (χ0) is 13.6. The molecule has 2 aromatic rings. The fourth-order valence-corrected chi connectivity index (χ4v) is 3.16. The zero-order valence-corrected chi connectivity index (χ0v) is 11.3. The number of nitrogens with zero attached hydrogens (tertiary/aromatic N) is 3. The Bertz CT molecular complexity index is 607. The number of imidazole rings is 1. The number of halogens is 1. The highest BCUT2D eigenvalue weighted by molar-refractivity contribution is 5.78. The average molecular weight is 262 g/mol. The highest BCUT2D eigenvalue weighted by Crippen LogP contribution is 2.33. The molecule has 0 spiro atoms. The van der Waals surface area contributed by atoms with E-state index in [9.17, 15) is 4.39 Å². The van der Waals surface area contributed by atoms with Crippen molar-refractivity contribution in [3.8, 4) is 0 Å². The van der Waals surface area contributed by atoms with E-state index >= 15 is 0 Å². The van der Waals surface area contributed by atoms with Gasteiger partial charge < -0.3 is 15.2 Å². The van der Waals surface area contributed by atoms with Crippen LogP contribution in [0.4, 0.5) is 10.3 Å². The van der Waals surface area contributed by atoms with Crippen molar-refractivity contribution in [2.45, 2.75) is 19.4 Å². The van der Waals surface area contributed by atoms with E-state index in [4.69, 9.17) is 5.73 Å². The maximum atomic E-state index is 13.3. The van der Waals surface area contributed by atoms with Crippen molar-refractivity contribution in [3.05, 3.63) is 24.0 Å². The van der Waals surface area contributed by atoms with Crippen LogP contribution in [0.5, 0.6) is 0 Å². The molecule has 2 N–H and O–H groups in total. The number of piperidine rings is 1. The minimum Gasteiger partial charge on any atom is -0.369 e. The van der Waals surface area contributed by atoms with Gasteiger partial charge in [-0.2, -0.15) is 0 Å². The largest absolute Gasteiger partial charge is 0.369 e. The van der Waals surface area contributed by atoms with Crippen LogP contribution in [-0.4, -0.2) is 34.6 Å². The monoisotopic (exact) mass is 262 g/mol. The lowest BCUT2D eigenvalue weighted by Crippen LogP contribution is -2.38. The van der Waals surface area contributed by atoms with Gasteiger partial charge in [-0.15, -0.1) is 0 Å². The number of hydrogen-bond donors (Lipinski definition) is 1. The molecule has 4 nitrogen and oxygen atoms in total. The molecular weight excluding hydrogens is 243 g/mol. The highest BCUT2D eigenvalue weighted by Gasteiger charge is 2.28. The maximum Gasteiger partial charge on any atom is 0.201 e.